The van der Waals surface area contributed by atoms with E-state index in [0.717, 1.165) is 10.0 Å². The van der Waals surface area contributed by atoms with Crippen LogP contribution in [0.3, 0.4) is 0 Å². The van der Waals surface area contributed by atoms with Crippen LogP contribution in [0.4, 0.5) is 5.69 Å². The highest BCUT2D eigenvalue weighted by atomic mass is 127. The molecule has 0 saturated carbocycles. The van der Waals surface area contributed by atoms with E-state index in [1.165, 1.54) is 18.1 Å². The minimum absolute atomic E-state index is 0.0150. The third kappa shape index (κ3) is 5.86. The monoisotopic (exact) mass is 716 g/mol. The number of benzene rings is 3. The first-order valence-electron chi connectivity index (χ1n) is 10.3. The molecule has 0 aromatic heterocycles. The van der Waals surface area contributed by atoms with Crippen molar-refractivity contribution >= 4 is 103 Å². The highest BCUT2D eigenvalue weighted by Gasteiger charge is 2.34. The van der Waals surface area contributed by atoms with Gasteiger partial charge in [-0.15, -0.1) is 0 Å². The van der Waals surface area contributed by atoms with Crippen molar-refractivity contribution in [2.45, 2.75) is 6.61 Å². The van der Waals surface area contributed by atoms with Gasteiger partial charge in [-0.2, -0.15) is 0 Å². The van der Waals surface area contributed by atoms with E-state index in [4.69, 9.17) is 44.9 Å². The first-order chi connectivity index (χ1) is 17.2. The molecule has 1 heterocycles. The fourth-order valence-electron chi connectivity index (χ4n) is 3.40. The number of nitrogens with zero attached hydrogens (tertiary/aromatic N) is 1. The summed E-state index contributed by atoms with van der Waals surface area (Å²) in [6, 6.07) is 15.7. The second kappa shape index (κ2) is 11.5. The van der Waals surface area contributed by atoms with Crippen molar-refractivity contribution in [1.82, 2.24) is 5.32 Å². The first kappa shape index (κ1) is 26.9. The Labute approximate surface area is 244 Å². The molecule has 6 nitrogen and oxygen atoms in total. The molecule has 1 fully saturated rings. The number of rotatable bonds is 6. The lowest BCUT2D eigenvalue weighted by Crippen LogP contribution is -2.54. The lowest BCUT2D eigenvalue weighted by Gasteiger charge is -2.29. The van der Waals surface area contributed by atoms with Gasteiger partial charge in [0.2, 0.25) is 0 Å². The molecule has 1 saturated heterocycles. The second-order valence-electron chi connectivity index (χ2n) is 7.49. The maximum absolute atomic E-state index is 13.3. The average molecular weight is 718 g/mol. The third-order valence-electron chi connectivity index (χ3n) is 5.14. The predicted octanol–water partition coefficient (Wildman–Crippen LogP) is 6.78. The lowest BCUT2D eigenvalue weighted by molar-refractivity contribution is -0.122. The number of halogens is 4. The van der Waals surface area contributed by atoms with Crippen LogP contribution >= 0.6 is 73.9 Å². The van der Waals surface area contributed by atoms with Crippen LogP contribution in [0.25, 0.3) is 6.08 Å². The number of carbonyl (C=O) groups is 2. The first-order valence-corrected chi connectivity index (χ1v) is 13.3. The molecule has 4 rings (SSSR count). The second-order valence-corrected chi connectivity index (χ2v) is 10.8. The molecular formula is C25H16BrCl2IN2O4S. The predicted molar refractivity (Wildman–Crippen MR) is 157 cm³/mol. The molecule has 36 heavy (non-hydrogen) atoms. The van der Waals surface area contributed by atoms with Crippen molar-refractivity contribution in [1.29, 1.82) is 0 Å². The largest absolute Gasteiger partial charge is 0.493 e. The third-order valence-corrected chi connectivity index (χ3v) is 7.34. The summed E-state index contributed by atoms with van der Waals surface area (Å²) in [5, 5.41) is 3.63. The zero-order chi connectivity index (χ0) is 26.0. The lowest BCUT2D eigenvalue weighted by atomic mass is 10.1. The summed E-state index contributed by atoms with van der Waals surface area (Å²) in [4.78, 5) is 27.2. The Morgan fingerprint density at radius 1 is 1.11 bits per heavy atom. The number of hydrogen-bond donors (Lipinski definition) is 1. The summed E-state index contributed by atoms with van der Waals surface area (Å²) in [6.45, 7) is 0.198. The van der Waals surface area contributed by atoms with E-state index in [-0.39, 0.29) is 17.3 Å². The van der Waals surface area contributed by atoms with E-state index in [2.05, 4.69) is 43.8 Å². The van der Waals surface area contributed by atoms with E-state index in [9.17, 15) is 9.59 Å². The van der Waals surface area contributed by atoms with Gasteiger partial charge in [-0.25, -0.2) is 0 Å². The Morgan fingerprint density at radius 3 is 2.50 bits per heavy atom. The molecule has 184 valence electrons. The van der Waals surface area contributed by atoms with E-state index >= 15 is 0 Å². The summed E-state index contributed by atoms with van der Waals surface area (Å²) in [7, 11) is 1.51. The molecule has 1 aliphatic rings. The van der Waals surface area contributed by atoms with Gasteiger partial charge in [0.05, 0.1) is 16.4 Å². The summed E-state index contributed by atoms with van der Waals surface area (Å²) < 4.78 is 13.1. The van der Waals surface area contributed by atoms with Crippen molar-refractivity contribution < 1.29 is 19.1 Å². The fourth-order valence-corrected chi connectivity index (χ4v) is 5.19. The van der Waals surface area contributed by atoms with Crippen molar-refractivity contribution in [3.8, 4) is 11.5 Å². The van der Waals surface area contributed by atoms with Crippen LogP contribution in [-0.2, 0) is 16.2 Å². The Bertz CT molecular complexity index is 1420. The zero-order valence-corrected chi connectivity index (χ0v) is 24.6. The van der Waals surface area contributed by atoms with Gasteiger partial charge < -0.3 is 9.47 Å². The molecule has 0 aliphatic carbocycles. The molecule has 0 atom stereocenters. The van der Waals surface area contributed by atoms with Crippen LogP contribution in [0, 0.1) is 3.57 Å². The van der Waals surface area contributed by atoms with Gasteiger partial charge in [0, 0.05) is 20.1 Å². The number of carbonyl (C=O) groups excluding carboxylic acids is 2. The van der Waals surface area contributed by atoms with E-state index in [1.54, 1.807) is 54.6 Å². The molecule has 3 aromatic carbocycles. The number of ether oxygens (including phenoxy) is 2. The molecule has 0 bridgehead atoms. The van der Waals surface area contributed by atoms with Gasteiger partial charge >= 0.3 is 0 Å². The maximum atomic E-state index is 13.3. The highest BCUT2D eigenvalue weighted by molar-refractivity contribution is 14.1. The van der Waals surface area contributed by atoms with Gasteiger partial charge in [-0.1, -0.05) is 45.2 Å². The van der Waals surface area contributed by atoms with Gasteiger partial charge in [-0.05, 0) is 95.0 Å². The summed E-state index contributed by atoms with van der Waals surface area (Å²) in [5.41, 5.74) is 1.82. The standard InChI is InChI=1S/C25H16BrCl2IN2O4S/c1-34-21-10-13(9-20(29)22(21)35-12-14-2-5-16(27)11-19(14)28)8-18-23(32)30-25(36)31(24(18)33)17-6-3-15(26)4-7-17/h2-11H,12H2,1H3,(H,30,32,36)/b18-8+. The van der Waals surface area contributed by atoms with Crippen molar-refractivity contribution in [2.24, 2.45) is 0 Å². The Kier molecular flexibility index (Phi) is 8.56. The average Bonchev–Trinajstić information content (AvgIpc) is 2.83. The minimum atomic E-state index is -0.579. The Balaban J connectivity index is 1.64. The topological polar surface area (TPSA) is 67.9 Å². The van der Waals surface area contributed by atoms with Crippen molar-refractivity contribution in [3.05, 3.63) is 89.4 Å². The van der Waals surface area contributed by atoms with Crippen LogP contribution < -0.4 is 19.7 Å². The SMILES string of the molecule is COc1cc(/C=C2\C(=O)NC(=S)N(c3ccc(Br)cc3)C2=O)cc(I)c1OCc1ccc(Cl)cc1Cl. The van der Waals surface area contributed by atoms with Gasteiger partial charge in [0.15, 0.2) is 16.6 Å². The van der Waals surface area contributed by atoms with Crippen LogP contribution in [0.15, 0.2) is 64.6 Å². The quantitative estimate of drug-likeness (QED) is 0.132. The molecule has 0 radical (unpaired) electrons. The summed E-state index contributed by atoms with van der Waals surface area (Å²) in [6.07, 6.45) is 1.50. The smallest absolute Gasteiger partial charge is 0.270 e. The molecule has 11 heteroatoms. The molecule has 1 N–H and O–H groups in total. The molecule has 0 unspecified atom stereocenters. The minimum Gasteiger partial charge on any atom is -0.493 e. The van der Waals surface area contributed by atoms with Crippen LogP contribution in [0.2, 0.25) is 10.0 Å². The number of nitrogens with one attached hydrogen (secondary N) is 1. The number of hydrogen-bond acceptors (Lipinski definition) is 5. The molecular weight excluding hydrogens is 702 g/mol. The van der Waals surface area contributed by atoms with Crippen LogP contribution in [-0.4, -0.2) is 24.0 Å². The van der Waals surface area contributed by atoms with E-state index < -0.39 is 11.8 Å². The van der Waals surface area contributed by atoms with Crippen LogP contribution in [0.1, 0.15) is 11.1 Å². The Hall–Kier alpha value is -2.18. The van der Waals surface area contributed by atoms with Crippen LogP contribution in [0.5, 0.6) is 11.5 Å². The van der Waals surface area contributed by atoms with Crippen molar-refractivity contribution in [2.75, 3.05) is 12.0 Å². The summed E-state index contributed by atoms with van der Waals surface area (Å²) in [5.74, 6) is -0.172. The van der Waals surface area contributed by atoms with E-state index in [1.807, 2.05) is 0 Å². The molecule has 0 spiro atoms. The normalized spacial score (nSPS) is 14.8. The fraction of sp³-hybridized carbons (Fsp3) is 0.0800. The molecule has 3 aromatic rings. The Morgan fingerprint density at radius 2 is 1.83 bits per heavy atom. The van der Waals surface area contributed by atoms with E-state index in [0.29, 0.717) is 36.4 Å². The van der Waals surface area contributed by atoms with Gasteiger partial charge in [-0.3, -0.25) is 19.8 Å². The number of anilines is 1. The van der Waals surface area contributed by atoms with Crippen molar-refractivity contribution in [3.63, 3.8) is 0 Å². The van der Waals surface area contributed by atoms with Gasteiger partial charge in [0.1, 0.15) is 12.2 Å². The number of methoxy groups -OCH3 is 1. The number of amides is 2. The number of thiocarbonyl (C=S) groups is 1. The van der Waals surface area contributed by atoms with Gasteiger partial charge in [0.25, 0.3) is 11.8 Å². The summed E-state index contributed by atoms with van der Waals surface area (Å²) >= 11 is 23.0. The maximum Gasteiger partial charge on any atom is 0.270 e. The molecule has 2 amide bonds. The zero-order valence-electron chi connectivity index (χ0n) is 18.5. The molecule has 1 aliphatic heterocycles. The highest BCUT2D eigenvalue weighted by Crippen LogP contribution is 2.36.